The predicted molar refractivity (Wildman–Crippen MR) is 456 cm³/mol. The van der Waals surface area contributed by atoms with E-state index in [-0.39, 0.29) is 78.8 Å². The van der Waals surface area contributed by atoms with Gasteiger partial charge >= 0.3 is 24.3 Å². The van der Waals surface area contributed by atoms with Gasteiger partial charge in [-0.05, 0) is 267 Å². The molecule has 16 nitrogen and oxygen atoms in total. The minimum Gasteiger partial charge on any atom is -0.466 e. The number of hydrogen-bond acceptors (Lipinski definition) is 13. The maximum atomic E-state index is 15.2. The summed E-state index contributed by atoms with van der Waals surface area (Å²) in [5, 5.41) is 15.4. The number of nitrogens with one attached hydrogen (secondary N) is 5. The van der Waals surface area contributed by atoms with E-state index in [4.69, 9.17) is 44.6 Å². The molecule has 3 aliphatic carbocycles. The number of amides is 3. The number of ether oxygens (including phenoxy) is 2. The summed E-state index contributed by atoms with van der Waals surface area (Å²) in [4.78, 5) is 80.4. The standard InChI is InChI=1S/C33H35F4N3O2.C27H33FN2O3.C19H28N2O2.C8H6ClFO.C8H8F3N/c1-20-12-15-25(19-27(20)33(35,36)37)39-31(41)26-10-6-18-40(32(42)29-21(2)7-5-11-28(29)34)30(26)22-13-16-24(17-14-22)38-23-8-3-4-9-23;1-3-33-27(32)22-11-7-17-30(26(31)24-18(2)8-6-12-23(24)28)25(22)19-13-15-21(16-14-19)29-20-9-4-5-10-20;1-2-23-19(22)17-8-5-13-20-18(17)14-9-11-16(12-10-14)21-15-6-3-4-7-15;1-5-3-2-4-6(10)7(5)8(9)11;1-5-2-3-6(12)4-7(5)8(9,10)11/h5,7,11-17,19,23,26,30,38H,3-4,6,8-10,18H2,1-2H3,(H,39,41);6,8,12-16,20,22,25,29H,3-5,7,9-11,17H2,1-2H3;9-12,15,17-18,20-21H,2-8,13H2,1H3;2-4H,1H3;2-4H,12H2,1H3/t26-,30-;22-,25-;17-,18-;;/m000../s1/i2D3,15D,19D;2D3;;1D3;3D,4D. The molecule has 8 aromatic carbocycles. The SMILES string of the molecule is CCOC(=O)[C@H]1CCCN[C@H]1c1ccc(NC2CCCC2)cc1.[2H]C([2H])([2H])c1cccc(F)c1C(=O)Cl.[2H]C([2H])([2H])c1cccc(F)c1C(=O)N1CCC[C@H](C(=O)OCC)[C@@H]1c1ccc(NC2CCCC2)cc1.[2H]c1cc(C)c(C(F)(F)F)c([2H])c1N.[2H]c1cc(C)c(C(F)(F)F)c([2H])c1NC(=O)[C@H]1CCCN(C(=O)c2c(F)cccc2C([2H])([2H])[2H])[C@H]1c1ccc(NC2CCCC2)cc1. The van der Waals surface area contributed by atoms with Crippen LogP contribution in [0, 0.1) is 69.6 Å². The van der Waals surface area contributed by atoms with Gasteiger partial charge in [-0.1, -0.05) is 123 Å². The number of halogens is 10. The first-order chi connectivity index (χ1) is 63.1. The smallest absolute Gasteiger partial charge is 0.416 e. The Morgan fingerprint density at radius 1 is 0.471 bits per heavy atom. The Labute approximate surface area is 726 Å². The van der Waals surface area contributed by atoms with Crippen LogP contribution in [0.1, 0.15) is 252 Å². The van der Waals surface area contributed by atoms with Crippen LogP contribution in [-0.4, -0.2) is 95.7 Å². The molecular formula is C95H110ClF9N8O8. The van der Waals surface area contributed by atoms with Crippen molar-refractivity contribution in [2.45, 2.75) is 212 Å². The van der Waals surface area contributed by atoms with Crippen LogP contribution in [0.3, 0.4) is 0 Å². The Hall–Kier alpha value is -10.4. The summed E-state index contributed by atoms with van der Waals surface area (Å²) in [5.41, 5.74) is 3.76. The zero-order chi connectivity index (χ0) is 98.2. The number of benzene rings is 8. The highest BCUT2D eigenvalue weighted by atomic mass is 35.5. The van der Waals surface area contributed by atoms with Gasteiger partial charge in [-0.15, -0.1) is 0 Å². The van der Waals surface area contributed by atoms with Gasteiger partial charge in [-0.3, -0.25) is 28.8 Å². The number of hydrogen-bond donors (Lipinski definition) is 6. The molecule has 3 saturated carbocycles. The molecule has 6 fully saturated rings. The van der Waals surface area contributed by atoms with Crippen LogP contribution in [-0.2, 0) is 36.2 Å². The zero-order valence-corrected chi connectivity index (χ0v) is 68.5. The van der Waals surface area contributed by atoms with E-state index in [1.165, 1.54) is 90.8 Å². The third-order valence-electron chi connectivity index (χ3n) is 22.4. The second-order valence-corrected chi connectivity index (χ2v) is 31.1. The predicted octanol–water partition coefficient (Wildman–Crippen LogP) is 22.4. The largest absolute Gasteiger partial charge is 0.466 e. The normalized spacial score (nSPS) is 21.3. The molecule has 6 aliphatic rings. The zero-order valence-electron chi connectivity index (χ0n) is 80.8. The number of carbonyl (C=O) groups excluding carboxylic acids is 6. The van der Waals surface area contributed by atoms with E-state index in [0.717, 1.165) is 124 Å². The lowest BCUT2D eigenvalue weighted by Gasteiger charge is -2.41. The molecule has 26 heteroatoms. The second-order valence-electron chi connectivity index (χ2n) is 30.8. The van der Waals surface area contributed by atoms with E-state index in [2.05, 4.69) is 50.8 Å². The van der Waals surface area contributed by atoms with Gasteiger partial charge in [0.25, 0.3) is 17.1 Å². The van der Waals surface area contributed by atoms with Crippen LogP contribution in [0.2, 0.25) is 0 Å². The van der Waals surface area contributed by atoms with Gasteiger partial charge in [0.15, 0.2) is 0 Å². The number of nitrogen functional groups attached to an aromatic ring is 1. The van der Waals surface area contributed by atoms with Crippen LogP contribution in [0.15, 0.2) is 164 Å². The topological polar surface area (TPSA) is 214 Å². The van der Waals surface area contributed by atoms with Gasteiger partial charge in [-0.25, -0.2) is 13.2 Å². The molecule has 14 rings (SSSR count). The monoisotopic (exact) mass is 1710 g/mol. The molecule has 3 aliphatic heterocycles. The van der Waals surface area contributed by atoms with Crippen molar-refractivity contribution in [1.29, 1.82) is 0 Å². The molecule has 0 aromatic heterocycles. The van der Waals surface area contributed by atoms with Gasteiger partial charge in [0.05, 0.1) is 76.4 Å². The summed E-state index contributed by atoms with van der Waals surface area (Å²) < 4.78 is 232. The minimum absolute atomic E-state index is 0.0419. The molecule has 6 atom stereocenters. The van der Waals surface area contributed by atoms with E-state index >= 15 is 4.39 Å². The van der Waals surface area contributed by atoms with Crippen molar-refractivity contribution in [2.75, 3.05) is 59.8 Å². The lowest BCUT2D eigenvalue weighted by Crippen LogP contribution is -2.46. The van der Waals surface area contributed by atoms with E-state index in [1.54, 1.807) is 31.2 Å². The Morgan fingerprint density at radius 2 is 0.851 bits per heavy atom. The molecule has 0 radical (unpaired) electrons. The molecule has 0 spiro atoms. The molecule has 0 unspecified atom stereocenters. The number of nitrogens with two attached hydrogens (primary N) is 1. The fraction of sp³-hybridized carbons (Fsp3) is 0.432. The Bertz CT molecular complexity index is 5430. The lowest BCUT2D eigenvalue weighted by molar-refractivity contribution is -0.152. The molecule has 3 saturated heterocycles. The Morgan fingerprint density at radius 3 is 1.26 bits per heavy atom. The van der Waals surface area contributed by atoms with E-state index in [0.29, 0.717) is 43.1 Å². The van der Waals surface area contributed by atoms with Crippen molar-refractivity contribution >= 4 is 74.9 Å². The van der Waals surface area contributed by atoms with Crippen molar-refractivity contribution in [3.05, 3.63) is 253 Å². The lowest BCUT2D eigenvalue weighted by atomic mass is 9.83. The van der Waals surface area contributed by atoms with Crippen molar-refractivity contribution in [3.8, 4) is 0 Å². The van der Waals surface area contributed by atoms with Gasteiger partial charge in [0.1, 0.15) is 17.5 Å². The number of alkyl halides is 6. The highest BCUT2D eigenvalue weighted by molar-refractivity contribution is 6.68. The van der Waals surface area contributed by atoms with Crippen LogP contribution in [0.4, 0.5) is 68.0 Å². The maximum Gasteiger partial charge on any atom is 0.416 e. The molecule has 3 amide bonds. The average molecular weight is 1710 g/mol. The van der Waals surface area contributed by atoms with Gasteiger partial charge in [0, 0.05) is 78.0 Å². The molecule has 8 aromatic rings. The van der Waals surface area contributed by atoms with Crippen molar-refractivity contribution in [2.24, 2.45) is 17.8 Å². The Balaban J connectivity index is 0.000000188. The van der Waals surface area contributed by atoms with E-state index in [9.17, 15) is 63.9 Å². The van der Waals surface area contributed by atoms with Gasteiger partial charge < -0.3 is 51.6 Å². The number of rotatable bonds is 18. The molecule has 0 bridgehead atoms. The highest BCUT2D eigenvalue weighted by Crippen LogP contribution is 2.43. The van der Waals surface area contributed by atoms with Gasteiger partial charge in [0.2, 0.25) is 5.91 Å². The number of likely N-dealkylation sites (tertiary alicyclic amines) is 2. The highest BCUT2D eigenvalue weighted by Gasteiger charge is 2.44. The average Bonchev–Trinajstić information content (AvgIpc) is 0.831. The third kappa shape index (κ3) is 24.9. The van der Waals surface area contributed by atoms with Crippen LogP contribution in [0.5, 0.6) is 0 Å². The summed E-state index contributed by atoms with van der Waals surface area (Å²) in [5.74, 6) is -7.65. The van der Waals surface area contributed by atoms with Gasteiger partial charge in [-0.2, -0.15) is 26.3 Å². The Kier molecular flexibility index (Phi) is 27.1. The first-order valence-electron chi connectivity index (χ1n) is 47.4. The maximum absolute atomic E-state index is 15.2. The number of aryl methyl sites for hydroxylation is 5. The quantitative estimate of drug-likeness (QED) is 0.0204. The molecule has 648 valence electrons. The summed E-state index contributed by atoms with van der Waals surface area (Å²) in [7, 11) is 0. The van der Waals surface area contributed by atoms with E-state index in [1.807, 2.05) is 31.2 Å². The van der Waals surface area contributed by atoms with Crippen LogP contribution >= 0.6 is 11.6 Å². The number of anilines is 5. The third-order valence-corrected chi connectivity index (χ3v) is 22.6. The van der Waals surface area contributed by atoms with E-state index < -0.39 is 166 Å². The number of carbonyl (C=O) groups is 6. The number of nitrogens with zero attached hydrogens (tertiary/aromatic N) is 2. The second kappa shape index (κ2) is 43.4. The fourth-order valence-electron chi connectivity index (χ4n) is 16.4. The summed E-state index contributed by atoms with van der Waals surface area (Å²) in [6.07, 6.45) is 8.06. The number of piperidine rings is 3. The van der Waals surface area contributed by atoms with Crippen molar-refractivity contribution < 1.29 is 95.6 Å². The molecule has 7 N–H and O–H groups in total. The number of esters is 2. The first kappa shape index (κ1) is 75.6. The summed E-state index contributed by atoms with van der Waals surface area (Å²) >= 11 is 5.09. The minimum atomic E-state index is -4.90. The fourth-order valence-corrected chi connectivity index (χ4v) is 16.6. The van der Waals surface area contributed by atoms with Crippen molar-refractivity contribution in [1.82, 2.24) is 15.1 Å². The summed E-state index contributed by atoms with van der Waals surface area (Å²) in [6, 6.07) is 32.6. The molecular weight excluding hydrogens is 1590 g/mol. The van der Waals surface area contributed by atoms with Crippen LogP contribution in [0.25, 0.3) is 0 Å². The molecule has 121 heavy (non-hydrogen) atoms. The summed E-state index contributed by atoms with van der Waals surface area (Å²) in [6.45, 7) is -0.155. The van der Waals surface area contributed by atoms with Crippen molar-refractivity contribution in [3.63, 3.8) is 0 Å². The first-order valence-corrected chi connectivity index (χ1v) is 41.3. The molecule has 3 heterocycles. The van der Waals surface area contributed by atoms with Crippen LogP contribution < -0.4 is 32.3 Å².